The van der Waals surface area contributed by atoms with Gasteiger partial charge in [0.15, 0.2) is 0 Å². The van der Waals surface area contributed by atoms with Crippen molar-refractivity contribution in [3.63, 3.8) is 0 Å². The van der Waals surface area contributed by atoms with Crippen molar-refractivity contribution in [2.24, 2.45) is 0 Å². The molecule has 1 heterocycles. The number of hydrogen-bond donors (Lipinski definition) is 1. The Labute approximate surface area is 158 Å². The van der Waals surface area contributed by atoms with Crippen LogP contribution in [0.1, 0.15) is 29.3 Å². The van der Waals surface area contributed by atoms with Crippen molar-refractivity contribution >= 4 is 23.2 Å². The van der Waals surface area contributed by atoms with E-state index in [1.807, 2.05) is 55.5 Å². The first-order valence-electron chi connectivity index (χ1n) is 8.29. The SMILES string of the molecule is CCC#Cc1ccc(-c2ccccc2NC(=O)c2cccnc2Cl)cc1. The van der Waals surface area contributed by atoms with Crippen molar-refractivity contribution in [1.82, 2.24) is 4.98 Å². The summed E-state index contributed by atoms with van der Waals surface area (Å²) in [6.07, 6.45) is 2.38. The quantitative estimate of drug-likeness (QED) is 0.500. The molecule has 0 spiro atoms. The fraction of sp³-hybridized carbons (Fsp3) is 0.0909. The third-order valence-electron chi connectivity index (χ3n) is 3.78. The predicted octanol–water partition coefficient (Wildman–Crippen LogP) is 5.42. The summed E-state index contributed by atoms with van der Waals surface area (Å²) in [4.78, 5) is 16.5. The lowest BCUT2D eigenvalue weighted by Gasteiger charge is -2.12. The van der Waals surface area contributed by atoms with Crippen LogP contribution in [0.5, 0.6) is 0 Å². The van der Waals surface area contributed by atoms with Crippen molar-refractivity contribution in [2.45, 2.75) is 13.3 Å². The molecule has 0 aliphatic carbocycles. The van der Waals surface area contributed by atoms with Crippen LogP contribution in [0.3, 0.4) is 0 Å². The van der Waals surface area contributed by atoms with Crippen molar-refractivity contribution in [2.75, 3.05) is 5.32 Å². The summed E-state index contributed by atoms with van der Waals surface area (Å²) in [7, 11) is 0. The summed E-state index contributed by atoms with van der Waals surface area (Å²) in [5, 5.41) is 3.11. The van der Waals surface area contributed by atoms with Gasteiger partial charge in [-0.3, -0.25) is 4.79 Å². The lowest BCUT2D eigenvalue weighted by Crippen LogP contribution is -2.13. The molecule has 0 aliphatic rings. The van der Waals surface area contributed by atoms with Gasteiger partial charge < -0.3 is 5.32 Å². The van der Waals surface area contributed by atoms with Gasteiger partial charge in [0.1, 0.15) is 5.15 Å². The summed E-state index contributed by atoms with van der Waals surface area (Å²) in [5.74, 6) is 5.87. The largest absolute Gasteiger partial charge is 0.321 e. The Morgan fingerprint density at radius 2 is 1.85 bits per heavy atom. The molecule has 3 aromatic rings. The molecule has 0 saturated heterocycles. The molecule has 0 unspecified atom stereocenters. The first-order chi connectivity index (χ1) is 12.7. The molecule has 128 valence electrons. The number of hydrogen-bond acceptors (Lipinski definition) is 2. The minimum absolute atomic E-state index is 0.182. The van der Waals surface area contributed by atoms with Gasteiger partial charge in [-0.15, -0.1) is 0 Å². The van der Waals surface area contributed by atoms with Gasteiger partial charge >= 0.3 is 0 Å². The maximum atomic E-state index is 12.5. The smallest absolute Gasteiger partial charge is 0.258 e. The molecule has 0 bridgehead atoms. The average molecular weight is 361 g/mol. The topological polar surface area (TPSA) is 42.0 Å². The number of rotatable bonds is 3. The highest BCUT2D eigenvalue weighted by Gasteiger charge is 2.13. The average Bonchev–Trinajstić information content (AvgIpc) is 2.67. The van der Waals surface area contributed by atoms with Crippen LogP contribution in [0, 0.1) is 11.8 Å². The number of pyridine rings is 1. The zero-order valence-corrected chi connectivity index (χ0v) is 15.0. The first kappa shape index (κ1) is 17.7. The zero-order valence-electron chi connectivity index (χ0n) is 14.3. The van der Waals surface area contributed by atoms with E-state index in [1.54, 1.807) is 18.3 Å². The van der Waals surface area contributed by atoms with Gasteiger partial charge in [0.05, 0.1) is 5.56 Å². The number of nitrogens with one attached hydrogen (secondary N) is 1. The summed E-state index contributed by atoms with van der Waals surface area (Å²) in [6, 6.07) is 18.9. The third kappa shape index (κ3) is 4.11. The molecule has 0 fully saturated rings. The maximum Gasteiger partial charge on any atom is 0.258 e. The summed E-state index contributed by atoms with van der Waals surface area (Å²) >= 11 is 6.02. The van der Waals surface area contributed by atoms with Crippen LogP contribution in [0.4, 0.5) is 5.69 Å². The summed E-state index contributed by atoms with van der Waals surface area (Å²) in [6.45, 7) is 2.02. The van der Waals surface area contributed by atoms with E-state index in [1.165, 1.54) is 0 Å². The van der Waals surface area contributed by atoms with Crippen LogP contribution in [-0.2, 0) is 0 Å². The second-order valence-corrected chi connectivity index (χ2v) is 5.93. The maximum absolute atomic E-state index is 12.5. The predicted molar refractivity (Wildman–Crippen MR) is 106 cm³/mol. The highest BCUT2D eigenvalue weighted by Crippen LogP contribution is 2.28. The number of halogens is 1. The number of para-hydroxylation sites is 1. The molecular formula is C22H17ClN2O. The number of anilines is 1. The standard InChI is InChI=1S/C22H17ClN2O/c1-2-3-7-16-11-13-17(14-12-16)18-8-4-5-10-20(18)25-22(26)19-9-6-15-24-21(19)23/h4-6,8-15H,2H2,1H3,(H,25,26). The van der Waals surface area contributed by atoms with Crippen LogP contribution in [-0.4, -0.2) is 10.9 Å². The first-order valence-corrected chi connectivity index (χ1v) is 8.67. The van der Waals surface area contributed by atoms with Gasteiger partial charge in [0.2, 0.25) is 0 Å². The Bertz CT molecular complexity index is 985. The van der Waals surface area contributed by atoms with Crippen molar-refractivity contribution in [3.05, 3.63) is 83.1 Å². The van der Waals surface area contributed by atoms with Crippen LogP contribution in [0.15, 0.2) is 66.9 Å². The number of amides is 1. The Hall–Kier alpha value is -3.09. The molecule has 3 rings (SSSR count). The number of benzene rings is 2. The second kappa shape index (κ2) is 8.33. The molecular weight excluding hydrogens is 344 g/mol. The van der Waals surface area contributed by atoms with E-state index < -0.39 is 0 Å². The van der Waals surface area contributed by atoms with Crippen LogP contribution < -0.4 is 5.32 Å². The van der Waals surface area contributed by atoms with E-state index in [-0.39, 0.29) is 11.1 Å². The van der Waals surface area contributed by atoms with Gasteiger partial charge in [-0.05, 0) is 35.9 Å². The molecule has 0 aliphatic heterocycles. The van der Waals surface area contributed by atoms with Gasteiger partial charge in [0.25, 0.3) is 5.91 Å². The van der Waals surface area contributed by atoms with Crippen molar-refractivity contribution < 1.29 is 4.79 Å². The van der Waals surface area contributed by atoms with Crippen molar-refractivity contribution in [3.8, 4) is 23.0 Å². The van der Waals surface area contributed by atoms with E-state index in [2.05, 4.69) is 22.1 Å². The Balaban J connectivity index is 1.89. The van der Waals surface area contributed by atoms with E-state index in [0.717, 1.165) is 23.1 Å². The summed E-state index contributed by atoms with van der Waals surface area (Å²) in [5.41, 5.74) is 3.95. The second-order valence-electron chi connectivity index (χ2n) is 5.57. The van der Waals surface area contributed by atoms with Gasteiger partial charge in [0, 0.05) is 29.4 Å². The van der Waals surface area contributed by atoms with Gasteiger partial charge in [-0.25, -0.2) is 4.98 Å². The normalized spacial score (nSPS) is 9.92. The van der Waals surface area contributed by atoms with E-state index in [9.17, 15) is 4.79 Å². The van der Waals surface area contributed by atoms with E-state index in [4.69, 9.17) is 11.6 Å². The molecule has 3 nitrogen and oxygen atoms in total. The van der Waals surface area contributed by atoms with E-state index >= 15 is 0 Å². The molecule has 0 radical (unpaired) electrons. The lowest BCUT2D eigenvalue weighted by atomic mass is 10.0. The molecule has 4 heteroatoms. The Kier molecular flexibility index (Phi) is 5.68. The molecule has 0 saturated carbocycles. The molecule has 1 N–H and O–H groups in total. The van der Waals surface area contributed by atoms with Crippen LogP contribution in [0.2, 0.25) is 5.15 Å². The summed E-state index contributed by atoms with van der Waals surface area (Å²) < 4.78 is 0. The van der Waals surface area contributed by atoms with Gasteiger partial charge in [-0.1, -0.05) is 60.7 Å². The Morgan fingerprint density at radius 1 is 1.08 bits per heavy atom. The monoisotopic (exact) mass is 360 g/mol. The number of carbonyl (C=O) groups is 1. The fourth-order valence-electron chi connectivity index (χ4n) is 2.51. The highest BCUT2D eigenvalue weighted by molar-refractivity contribution is 6.33. The fourth-order valence-corrected chi connectivity index (χ4v) is 2.72. The van der Waals surface area contributed by atoms with Crippen LogP contribution in [0.25, 0.3) is 11.1 Å². The number of nitrogens with zero attached hydrogens (tertiary/aromatic N) is 1. The van der Waals surface area contributed by atoms with Gasteiger partial charge in [-0.2, -0.15) is 0 Å². The molecule has 0 atom stereocenters. The zero-order chi connectivity index (χ0) is 18.4. The van der Waals surface area contributed by atoms with Crippen molar-refractivity contribution in [1.29, 1.82) is 0 Å². The number of carbonyl (C=O) groups excluding carboxylic acids is 1. The third-order valence-corrected chi connectivity index (χ3v) is 4.09. The van der Waals surface area contributed by atoms with Crippen LogP contribution >= 0.6 is 11.6 Å². The number of aromatic nitrogens is 1. The minimum Gasteiger partial charge on any atom is -0.321 e. The molecule has 2 aromatic carbocycles. The van der Waals surface area contributed by atoms with E-state index in [0.29, 0.717) is 11.3 Å². The lowest BCUT2D eigenvalue weighted by molar-refractivity contribution is 0.102. The molecule has 26 heavy (non-hydrogen) atoms. The minimum atomic E-state index is -0.291. The Morgan fingerprint density at radius 3 is 2.58 bits per heavy atom. The highest BCUT2D eigenvalue weighted by atomic mass is 35.5. The molecule has 1 aromatic heterocycles. The molecule has 1 amide bonds.